The van der Waals surface area contributed by atoms with Gasteiger partial charge in [-0.05, 0) is 34.6 Å². The number of methoxy groups -OCH3 is 1. The summed E-state index contributed by atoms with van der Waals surface area (Å²) in [4.78, 5) is 13.7. The summed E-state index contributed by atoms with van der Waals surface area (Å²) in [5, 5.41) is 9.53. The highest BCUT2D eigenvalue weighted by molar-refractivity contribution is 5.70. The number of rotatable bonds is 3. The zero-order chi connectivity index (χ0) is 14.8. The molecule has 1 rings (SSSR count). The molecule has 1 heterocycles. The second-order valence-electron chi connectivity index (χ2n) is 6.16. The van der Waals surface area contributed by atoms with Crippen molar-refractivity contribution in [1.82, 2.24) is 4.90 Å². The van der Waals surface area contributed by atoms with E-state index in [1.807, 2.05) is 0 Å². The summed E-state index contributed by atoms with van der Waals surface area (Å²) < 4.78 is 16.2. The Morgan fingerprint density at radius 2 is 2.00 bits per heavy atom. The number of carbonyl (C=O) groups is 1. The first-order chi connectivity index (χ1) is 8.62. The van der Waals surface area contributed by atoms with Gasteiger partial charge in [0.05, 0.1) is 19.3 Å². The zero-order valence-electron chi connectivity index (χ0n) is 12.6. The van der Waals surface area contributed by atoms with E-state index >= 15 is 0 Å². The fourth-order valence-electron chi connectivity index (χ4n) is 2.25. The average molecular weight is 275 g/mol. The lowest BCUT2D eigenvalue weighted by Gasteiger charge is -2.34. The van der Waals surface area contributed by atoms with E-state index in [0.29, 0.717) is 6.61 Å². The molecular formula is C13H25NO5. The van der Waals surface area contributed by atoms with Crippen molar-refractivity contribution in [3.05, 3.63) is 0 Å². The van der Waals surface area contributed by atoms with Gasteiger partial charge in [-0.2, -0.15) is 0 Å². The Morgan fingerprint density at radius 3 is 2.42 bits per heavy atom. The van der Waals surface area contributed by atoms with Crippen LogP contribution >= 0.6 is 0 Å². The maximum Gasteiger partial charge on any atom is 0.412 e. The number of amides is 1. The Balaban J connectivity index is 2.92. The highest BCUT2D eigenvalue weighted by Gasteiger charge is 2.50. The highest BCUT2D eigenvalue weighted by Crippen LogP contribution is 2.33. The van der Waals surface area contributed by atoms with Gasteiger partial charge in [0.25, 0.3) is 0 Å². The standard InChI is InChI=1S/C13H25NO5/c1-12(2,3)19-11(16)14-9(7-15)10(8-17-6)18-13(14,4)5/h9-10,15H,7-8H2,1-6H3/t9-,10-/m1/s1. The first-order valence-corrected chi connectivity index (χ1v) is 6.42. The molecule has 0 radical (unpaired) electrons. The molecule has 6 heteroatoms. The van der Waals surface area contributed by atoms with E-state index in [0.717, 1.165) is 0 Å². The zero-order valence-corrected chi connectivity index (χ0v) is 12.6. The van der Waals surface area contributed by atoms with Gasteiger partial charge in [-0.1, -0.05) is 0 Å². The molecule has 0 bridgehead atoms. The first kappa shape index (κ1) is 16.2. The van der Waals surface area contributed by atoms with Crippen molar-refractivity contribution in [3.8, 4) is 0 Å². The maximum atomic E-state index is 12.3. The quantitative estimate of drug-likeness (QED) is 0.842. The molecule has 1 saturated heterocycles. The van der Waals surface area contributed by atoms with Crippen molar-refractivity contribution in [2.75, 3.05) is 20.3 Å². The smallest absolute Gasteiger partial charge is 0.412 e. The third-order valence-corrected chi connectivity index (χ3v) is 2.89. The van der Waals surface area contributed by atoms with E-state index in [4.69, 9.17) is 14.2 Å². The third-order valence-electron chi connectivity index (χ3n) is 2.89. The first-order valence-electron chi connectivity index (χ1n) is 6.42. The minimum Gasteiger partial charge on any atom is -0.444 e. The Hall–Kier alpha value is -0.850. The summed E-state index contributed by atoms with van der Waals surface area (Å²) in [5.74, 6) is 0. The molecule has 0 aromatic rings. The lowest BCUT2D eigenvalue weighted by molar-refractivity contribution is -0.0895. The number of carbonyl (C=O) groups excluding carboxylic acids is 1. The predicted molar refractivity (Wildman–Crippen MR) is 69.8 cm³/mol. The van der Waals surface area contributed by atoms with Crippen molar-refractivity contribution in [3.63, 3.8) is 0 Å². The van der Waals surface area contributed by atoms with Crippen LogP contribution in [0.3, 0.4) is 0 Å². The van der Waals surface area contributed by atoms with Crippen LogP contribution < -0.4 is 0 Å². The highest BCUT2D eigenvalue weighted by atomic mass is 16.6. The number of hydrogen-bond acceptors (Lipinski definition) is 5. The molecule has 6 nitrogen and oxygen atoms in total. The van der Waals surface area contributed by atoms with Crippen LogP contribution in [-0.2, 0) is 14.2 Å². The van der Waals surface area contributed by atoms with Gasteiger partial charge in [-0.15, -0.1) is 0 Å². The molecule has 0 saturated carbocycles. The SMILES string of the molecule is COC[C@H]1OC(C)(C)N(C(=O)OC(C)(C)C)[C@@H]1CO. The van der Waals surface area contributed by atoms with Crippen molar-refractivity contribution in [2.45, 2.75) is 58.1 Å². The molecular weight excluding hydrogens is 250 g/mol. The second-order valence-corrected chi connectivity index (χ2v) is 6.16. The van der Waals surface area contributed by atoms with Crippen molar-refractivity contribution < 1.29 is 24.1 Å². The van der Waals surface area contributed by atoms with Crippen molar-refractivity contribution in [1.29, 1.82) is 0 Å². The molecule has 0 aliphatic carbocycles. The lowest BCUT2D eigenvalue weighted by Crippen LogP contribution is -2.51. The van der Waals surface area contributed by atoms with Gasteiger partial charge < -0.3 is 19.3 Å². The number of ether oxygens (including phenoxy) is 3. The topological polar surface area (TPSA) is 68.2 Å². The fraction of sp³-hybridized carbons (Fsp3) is 0.923. The summed E-state index contributed by atoms with van der Waals surface area (Å²) >= 11 is 0. The second kappa shape index (κ2) is 5.64. The van der Waals surface area contributed by atoms with Crippen LogP contribution in [0.15, 0.2) is 0 Å². The van der Waals surface area contributed by atoms with Gasteiger partial charge in [-0.3, -0.25) is 4.90 Å². The van der Waals surface area contributed by atoms with Crippen LogP contribution in [0.25, 0.3) is 0 Å². The molecule has 112 valence electrons. The van der Waals surface area contributed by atoms with E-state index in [9.17, 15) is 9.90 Å². The predicted octanol–water partition coefficient (Wildman–Crippen LogP) is 1.37. The molecule has 0 aromatic heterocycles. The fourth-order valence-corrected chi connectivity index (χ4v) is 2.25. The molecule has 0 unspecified atom stereocenters. The largest absolute Gasteiger partial charge is 0.444 e. The summed E-state index contributed by atoms with van der Waals surface area (Å²) in [7, 11) is 1.56. The number of hydrogen-bond donors (Lipinski definition) is 1. The summed E-state index contributed by atoms with van der Waals surface area (Å²) in [6.45, 7) is 9.06. The van der Waals surface area contributed by atoms with Crippen LogP contribution in [0, 0.1) is 0 Å². The number of aliphatic hydroxyl groups is 1. The van der Waals surface area contributed by atoms with Crippen molar-refractivity contribution >= 4 is 6.09 Å². The molecule has 2 atom stereocenters. The molecule has 1 N–H and O–H groups in total. The molecule has 0 spiro atoms. The van der Waals surface area contributed by atoms with E-state index in [1.54, 1.807) is 41.7 Å². The maximum absolute atomic E-state index is 12.3. The van der Waals surface area contributed by atoms with Crippen LogP contribution in [0.4, 0.5) is 4.79 Å². The van der Waals surface area contributed by atoms with E-state index in [1.165, 1.54) is 4.90 Å². The van der Waals surface area contributed by atoms with Gasteiger partial charge in [0, 0.05) is 7.11 Å². The molecule has 19 heavy (non-hydrogen) atoms. The van der Waals surface area contributed by atoms with Gasteiger partial charge in [0.2, 0.25) is 0 Å². The molecule has 1 aliphatic heterocycles. The van der Waals surface area contributed by atoms with E-state index in [-0.39, 0.29) is 12.7 Å². The Labute approximate surface area is 114 Å². The average Bonchev–Trinajstić information content (AvgIpc) is 2.46. The Bertz CT molecular complexity index is 323. The Morgan fingerprint density at radius 1 is 1.42 bits per heavy atom. The van der Waals surface area contributed by atoms with Crippen molar-refractivity contribution in [2.24, 2.45) is 0 Å². The van der Waals surface area contributed by atoms with Crippen LogP contribution in [-0.4, -0.2) is 59.9 Å². The minimum absolute atomic E-state index is 0.198. The van der Waals surface area contributed by atoms with Crippen LogP contribution in [0.1, 0.15) is 34.6 Å². The molecule has 1 aliphatic rings. The normalized spacial score (nSPS) is 26.6. The molecule has 1 fully saturated rings. The molecule has 1 amide bonds. The Kier molecular flexibility index (Phi) is 4.81. The van der Waals surface area contributed by atoms with Crippen LogP contribution in [0.5, 0.6) is 0 Å². The third kappa shape index (κ3) is 3.81. The van der Waals surface area contributed by atoms with Gasteiger partial charge in [0.1, 0.15) is 17.4 Å². The monoisotopic (exact) mass is 275 g/mol. The minimum atomic E-state index is -0.834. The lowest BCUT2D eigenvalue weighted by atomic mass is 10.1. The molecule has 0 aromatic carbocycles. The van der Waals surface area contributed by atoms with Gasteiger partial charge in [0.15, 0.2) is 0 Å². The van der Waals surface area contributed by atoms with E-state index in [2.05, 4.69) is 0 Å². The summed E-state index contributed by atoms with van der Waals surface area (Å²) in [6.07, 6.45) is -0.854. The van der Waals surface area contributed by atoms with E-state index < -0.39 is 23.5 Å². The van der Waals surface area contributed by atoms with Gasteiger partial charge in [-0.25, -0.2) is 4.79 Å². The van der Waals surface area contributed by atoms with Crippen LogP contribution in [0.2, 0.25) is 0 Å². The number of nitrogens with zero attached hydrogens (tertiary/aromatic N) is 1. The summed E-state index contributed by atoms with van der Waals surface area (Å²) in [6, 6.07) is -0.468. The van der Waals surface area contributed by atoms with Gasteiger partial charge >= 0.3 is 6.09 Å². The summed E-state index contributed by atoms with van der Waals surface area (Å²) in [5.41, 5.74) is -1.43. The number of aliphatic hydroxyl groups excluding tert-OH is 1.